The van der Waals surface area contributed by atoms with Crippen molar-refractivity contribution in [2.75, 3.05) is 0 Å². The van der Waals surface area contributed by atoms with Gasteiger partial charge in [0.1, 0.15) is 0 Å². The quantitative estimate of drug-likeness (QED) is 0.501. The van der Waals surface area contributed by atoms with E-state index in [1.54, 1.807) is 5.57 Å². The number of rotatable bonds is 2. The molecule has 0 aliphatic heterocycles. The Morgan fingerprint density at radius 3 is 1.89 bits per heavy atom. The van der Waals surface area contributed by atoms with Gasteiger partial charge in [-0.15, -0.1) is 0 Å². The summed E-state index contributed by atoms with van der Waals surface area (Å²) in [6.45, 7) is 18.5. The monoisotopic (exact) mass is 352 g/mol. The molecule has 1 unspecified atom stereocenters. The van der Waals surface area contributed by atoms with Crippen molar-refractivity contribution in [2.24, 2.45) is 5.92 Å². The molecule has 3 rings (SSSR count). The Labute approximate surface area is 175 Å². The van der Waals surface area contributed by atoms with Gasteiger partial charge in [-0.2, -0.15) is 0 Å². The summed E-state index contributed by atoms with van der Waals surface area (Å²) in [6, 6.07) is 14.1. The molecular weight excluding hydrogens is 319 g/mol. The van der Waals surface area contributed by atoms with Crippen molar-refractivity contribution in [2.45, 2.75) is 70.8 Å². The fraction of sp³-hybridized carbons (Fsp3) is 0.462. The molecule has 0 fully saturated rings. The van der Waals surface area contributed by atoms with Crippen LogP contribution in [0.3, 0.4) is 0 Å². The van der Waals surface area contributed by atoms with Crippen LogP contribution in [0.25, 0.3) is 17.2 Å². The molecule has 0 aromatic heterocycles. The summed E-state index contributed by atoms with van der Waals surface area (Å²) in [5, 5.41) is 0. The summed E-state index contributed by atoms with van der Waals surface area (Å²) < 4.78 is 0.521. The average Bonchev–Trinajstić information content (AvgIpc) is 2.90. The van der Waals surface area contributed by atoms with Gasteiger partial charge in [-0.1, -0.05) is 0 Å². The van der Waals surface area contributed by atoms with E-state index in [1.807, 2.05) is 0 Å². The first kappa shape index (κ1) is 20.5. The molecule has 0 amide bonds. The summed E-state index contributed by atoms with van der Waals surface area (Å²) >= 11 is 2.35. The average molecular weight is 352 g/mol. The predicted molar refractivity (Wildman–Crippen MR) is 121 cm³/mol. The van der Waals surface area contributed by atoms with Crippen molar-refractivity contribution in [1.82, 2.24) is 0 Å². The van der Waals surface area contributed by atoms with Gasteiger partial charge in [0.25, 0.3) is 0 Å². The van der Waals surface area contributed by atoms with Gasteiger partial charge in [0.05, 0.1) is 0 Å². The van der Waals surface area contributed by atoms with Crippen LogP contribution in [-0.2, 0) is 10.8 Å². The van der Waals surface area contributed by atoms with Crippen molar-refractivity contribution < 1.29 is 0 Å². The molecule has 1 atom stereocenters. The van der Waals surface area contributed by atoms with Gasteiger partial charge in [-0.05, 0) is 0 Å². The topological polar surface area (TPSA) is 0 Å². The van der Waals surface area contributed by atoms with Crippen molar-refractivity contribution in [3.8, 4) is 11.1 Å². The molecule has 27 heavy (non-hydrogen) atoms. The van der Waals surface area contributed by atoms with Gasteiger partial charge in [-0.25, -0.2) is 0 Å². The van der Waals surface area contributed by atoms with Gasteiger partial charge in [-0.3, -0.25) is 0 Å². The fourth-order valence-electron chi connectivity index (χ4n) is 4.16. The number of benzene rings is 2. The minimum atomic E-state index is 0.139. The molecule has 1 aliphatic rings. The Hall–Kier alpha value is -1.22. The zero-order valence-corrected chi connectivity index (χ0v) is 18.7. The van der Waals surface area contributed by atoms with Crippen LogP contribution in [0.4, 0.5) is 0 Å². The number of hydrogen-bond acceptors (Lipinski definition) is 0. The van der Waals surface area contributed by atoms with Gasteiger partial charge in [0.15, 0.2) is 0 Å². The Morgan fingerprint density at radius 2 is 1.41 bits per heavy atom. The third-order valence-electron chi connectivity index (χ3n) is 6.06. The maximum atomic E-state index is 2.46. The van der Waals surface area contributed by atoms with Crippen molar-refractivity contribution in [3.63, 3.8) is 0 Å². The Balaban J connectivity index is 2.25. The molecule has 0 saturated carbocycles. The van der Waals surface area contributed by atoms with E-state index in [4.69, 9.17) is 0 Å². The molecular formula is C26H33Li. The third-order valence-corrected chi connectivity index (χ3v) is 6.06. The molecule has 0 radical (unpaired) electrons. The van der Waals surface area contributed by atoms with Gasteiger partial charge in [0, 0.05) is 0 Å². The van der Waals surface area contributed by atoms with Crippen molar-refractivity contribution >= 4 is 23.8 Å². The second kappa shape index (κ2) is 6.99. The molecule has 2 aromatic carbocycles. The molecule has 0 bridgehead atoms. The summed E-state index contributed by atoms with van der Waals surface area (Å²) in [5.41, 5.74) is 10.3. The Bertz CT molecular complexity index is 853. The number of allylic oxidation sites excluding steroid dienone is 1. The summed E-state index contributed by atoms with van der Waals surface area (Å²) in [4.78, 5) is 0. The molecule has 0 saturated heterocycles. The first-order valence-electron chi connectivity index (χ1n) is 10.4. The van der Waals surface area contributed by atoms with Crippen LogP contribution >= 0.6 is 0 Å². The second-order valence-electron chi connectivity index (χ2n) is 10.6. The number of hydrogen-bond donors (Lipinski definition) is 0. The van der Waals surface area contributed by atoms with Crippen molar-refractivity contribution in [1.29, 1.82) is 0 Å². The zero-order chi connectivity index (χ0) is 20.1. The number of fused-ring (bicyclic) bond motifs is 1. The van der Waals surface area contributed by atoms with E-state index in [0.717, 1.165) is 0 Å². The van der Waals surface area contributed by atoms with Crippen LogP contribution in [0.5, 0.6) is 0 Å². The normalized spacial score (nSPS) is 17.3. The Kier molecular flexibility index (Phi) is 5.31. The fourth-order valence-corrected chi connectivity index (χ4v) is 4.16. The first-order chi connectivity index (χ1) is 12.4. The van der Waals surface area contributed by atoms with Gasteiger partial charge in [0.2, 0.25) is 0 Å². The van der Waals surface area contributed by atoms with E-state index < -0.39 is 0 Å². The van der Waals surface area contributed by atoms with E-state index in [-0.39, 0.29) is 10.8 Å². The van der Waals surface area contributed by atoms with Crippen LogP contribution in [0, 0.1) is 5.92 Å². The molecule has 0 heterocycles. The summed E-state index contributed by atoms with van der Waals surface area (Å²) in [6.07, 6.45) is 2.46. The van der Waals surface area contributed by atoms with Crippen LogP contribution in [-0.4, -0.2) is 17.7 Å². The first-order valence-corrected chi connectivity index (χ1v) is 10.4. The standard InChI is InChI=1S/C26H33.Li/c1-17(2)19-12-18-10-9-11-23(24(18)15-19)20-13-21(25(3,4)5)16-22(14-20)26(6,7)8;/h9-17H,1-8H3;. The van der Waals surface area contributed by atoms with E-state index in [0.29, 0.717) is 10.5 Å². The molecule has 0 nitrogen and oxygen atoms in total. The predicted octanol–water partition coefficient (Wildman–Crippen LogP) is 7.21. The maximum absolute atomic E-state index is 2.46. The Morgan fingerprint density at radius 1 is 0.852 bits per heavy atom. The molecule has 1 aliphatic carbocycles. The molecule has 0 N–H and O–H groups in total. The van der Waals surface area contributed by atoms with E-state index in [1.165, 1.54) is 33.4 Å². The molecule has 138 valence electrons. The second-order valence-corrected chi connectivity index (χ2v) is 10.6. The van der Waals surface area contributed by atoms with Crippen LogP contribution < -0.4 is 0 Å². The molecule has 0 spiro atoms. The third kappa shape index (κ3) is 3.99. The van der Waals surface area contributed by atoms with Gasteiger partial charge >= 0.3 is 176 Å². The van der Waals surface area contributed by atoms with E-state index >= 15 is 0 Å². The minimum absolute atomic E-state index is 0.139. The molecule has 2 aromatic rings. The van der Waals surface area contributed by atoms with Crippen molar-refractivity contribution in [3.05, 3.63) is 64.2 Å². The summed E-state index contributed by atoms with van der Waals surface area (Å²) in [5.74, 6) is 0.589. The molecule has 1 heteroatoms. The van der Waals surface area contributed by atoms with Crippen LogP contribution in [0.2, 0.25) is 0 Å². The summed E-state index contributed by atoms with van der Waals surface area (Å²) in [7, 11) is 0. The van der Waals surface area contributed by atoms with E-state index in [2.05, 4.69) is 116 Å². The van der Waals surface area contributed by atoms with E-state index in [9.17, 15) is 0 Å². The van der Waals surface area contributed by atoms with Crippen LogP contribution in [0.1, 0.15) is 82.2 Å². The zero-order valence-electron chi connectivity index (χ0n) is 18.7. The van der Waals surface area contributed by atoms with Crippen LogP contribution in [0.15, 0.2) is 42.0 Å². The SMILES string of the molecule is [Li][CH]1C(C(C)C)=Cc2c(-c3cc(C(C)(C)C)cc(C(C)(C)C)c3)cccc21. The van der Waals surface area contributed by atoms with Gasteiger partial charge < -0.3 is 0 Å².